The molecule has 2 heterocycles. The van der Waals surface area contributed by atoms with Crippen molar-refractivity contribution in [3.63, 3.8) is 0 Å². The van der Waals surface area contributed by atoms with E-state index in [9.17, 15) is 10.1 Å². The van der Waals surface area contributed by atoms with Gasteiger partial charge in [-0.05, 0) is 18.5 Å². The third kappa shape index (κ3) is 3.67. The quantitative estimate of drug-likeness (QED) is 0.475. The van der Waals surface area contributed by atoms with Gasteiger partial charge in [-0.3, -0.25) is 10.1 Å². The van der Waals surface area contributed by atoms with Crippen LogP contribution in [0, 0.1) is 16.0 Å². The number of hydrogen-bond acceptors (Lipinski definition) is 6. The van der Waals surface area contributed by atoms with Gasteiger partial charge in [0.2, 0.25) is 0 Å². The highest BCUT2D eigenvalue weighted by Crippen LogP contribution is 2.26. The van der Waals surface area contributed by atoms with Crippen molar-refractivity contribution in [1.82, 2.24) is 10.3 Å². The molecule has 0 saturated heterocycles. The van der Waals surface area contributed by atoms with Gasteiger partial charge in [0, 0.05) is 13.0 Å². The molecule has 108 valence electrons. The minimum Gasteiger partial charge on any atom is -0.437 e. The Hall–Kier alpha value is -2.15. The Bertz CT molecular complexity index is 574. The van der Waals surface area contributed by atoms with Crippen LogP contribution in [0.25, 0.3) is 11.5 Å². The summed E-state index contributed by atoms with van der Waals surface area (Å²) < 4.78 is 10.6. The normalized spacial score (nSPS) is 11.2. The van der Waals surface area contributed by atoms with Gasteiger partial charge in [-0.2, -0.15) is 0 Å². The molecular weight excluding hydrogens is 262 g/mol. The maximum atomic E-state index is 10.5. The van der Waals surface area contributed by atoms with Crippen molar-refractivity contribution >= 4 is 5.88 Å². The summed E-state index contributed by atoms with van der Waals surface area (Å²) in [5.74, 6) is 1.58. The molecule has 0 unspecified atom stereocenters. The molecular formula is C13H17N3O4. The molecule has 2 aromatic rings. The molecule has 0 saturated carbocycles. The van der Waals surface area contributed by atoms with Crippen LogP contribution in [-0.4, -0.2) is 23.0 Å². The Labute approximate surface area is 116 Å². The first-order chi connectivity index (χ1) is 9.56. The molecule has 20 heavy (non-hydrogen) atoms. The number of rotatable bonds is 7. The molecule has 0 aliphatic heterocycles. The van der Waals surface area contributed by atoms with Crippen LogP contribution in [0.15, 0.2) is 27.2 Å². The fourth-order valence-corrected chi connectivity index (χ4v) is 1.68. The van der Waals surface area contributed by atoms with E-state index < -0.39 is 4.92 Å². The molecule has 1 N–H and O–H groups in total. The van der Waals surface area contributed by atoms with Crippen LogP contribution < -0.4 is 5.32 Å². The van der Waals surface area contributed by atoms with Crippen LogP contribution in [0.3, 0.4) is 0 Å². The highest BCUT2D eigenvalue weighted by Gasteiger charge is 2.16. The monoisotopic (exact) mass is 279 g/mol. The van der Waals surface area contributed by atoms with Crippen molar-refractivity contribution < 1.29 is 13.8 Å². The molecule has 0 atom stereocenters. The summed E-state index contributed by atoms with van der Waals surface area (Å²) in [7, 11) is 0. The number of nitrogens with one attached hydrogen (secondary N) is 1. The maximum absolute atomic E-state index is 10.5. The first-order valence-electron chi connectivity index (χ1n) is 6.46. The van der Waals surface area contributed by atoms with Gasteiger partial charge in [-0.25, -0.2) is 4.98 Å². The zero-order chi connectivity index (χ0) is 14.5. The first kappa shape index (κ1) is 14.3. The van der Waals surface area contributed by atoms with Crippen LogP contribution in [0.2, 0.25) is 0 Å². The first-order valence-corrected chi connectivity index (χ1v) is 6.46. The van der Waals surface area contributed by atoms with Crippen LogP contribution >= 0.6 is 0 Å². The zero-order valence-corrected chi connectivity index (χ0v) is 11.5. The van der Waals surface area contributed by atoms with E-state index in [1.54, 1.807) is 0 Å². The average molecular weight is 279 g/mol. The molecule has 0 aliphatic rings. The summed E-state index contributed by atoms with van der Waals surface area (Å²) in [5, 5.41) is 13.8. The Morgan fingerprint density at radius 3 is 2.80 bits per heavy atom. The molecule has 0 bridgehead atoms. The van der Waals surface area contributed by atoms with Crippen LogP contribution in [0.5, 0.6) is 0 Å². The molecule has 0 aliphatic carbocycles. The molecule has 7 heteroatoms. The molecule has 0 spiro atoms. The molecule has 0 amide bonds. The van der Waals surface area contributed by atoms with E-state index in [2.05, 4.69) is 24.1 Å². The fraction of sp³-hybridized carbons (Fsp3) is 0.462. The predicted octanol–water partition coefficient (Wildman–Crippen LogP) is 2.63. The minimum absolute atomic E-state index is 0.309. The van der Waals surface area contributed by atoms with Crippen LogP contribution in [0.4, 0.5) is 5.88 Å². The number of furan rings is 1. The molecule has 2 aromatic heterocycles. The zero-order valence-electron chi connectivity index (χ0n) is 11.5. The molecule has 0 aromatic carbocycles. The van der Waals surface area contributed by atoms with E-state index in [4.69, 9.17) is 8.83 Å². The lowest BCUT2D eigenvalue weighted by Crippen LogP contribution is -2.22. The Kier molecular flexibility index (Phi) is 4.52. The molecule has 0 fully saturated rings. The van der Waals surface area contributed by atoms with E-state index in [1.165, 1.54) is 18.3 Å². The number of oxazole rings is 1. The summed E-state index contributed by atoms with van der Waals surface area (Å²) >= 11 is 0. The van der Waals surface area contributed by atoms with Crippen molar-refractivity contribution in [2.75, 3.05) is 13.1 Å². The second kappa shape index (κ2) is 6.33. The second-order valence-electron chi connectivity index (χ2n) is 4.86. The van der Waals surface area contributed by atoms with E-state index >= 15 is 0 Å². The third-order valence-electron chi connectivity index (χ3n) is 2.64. The Morgan fingerprint density at radius 1 is 1.35 bits per heavy atom. The highest BCUT2D eigenvalue weighted by molar-refractivity contribution is 5.50. The van der Waals surface area contributed by atoms with Gasteiger partial charge in [0.15, 0.2) is 17.4 Å². The Balaban J connectivity index is 1.92. The second-order valence-corrected chi connectivity index (χ2v) is 4.86. The number of hydrogen-bond donors (Lipinski definition) is 1. The van der Waals surface area contributed by atoms with Crippen molar-refractivity contribution in [1.29, 1.82) is 0 Å². The lowest BCUT2D eigenvalue weighted by molar-refractivity contribution is -0.401. The maximum Gasteiger partial charge on any atom is 0.433 e. The SMILES string of the molecule is CC(C)CNCCc1ncc(-c2ccc([N+](=O)[O-])o2)o1. The van der Waals surface area contributed by atoms with Crippen molar-refractivity contribution in [2.45, 2.75) is 20.3 Å². The number of aromatic nitrogens is 1. The summed E-state index contributed by atoms with van der Waals surface area (Å²) in [4.78, 5) is 14.1. The minimum atomic E-state index is -0.587. The molecule has 0 radical (unpaired) electrons. The molecule has 7 nitrogen and oxygen atoms in total. The predicted molar refractivity (Wildman–Crippen MR) is 72.3 cm³/mol. The van der Waals surface area contributed by atoms with Gasteiger partial charge >= 0.3 is 5.88 Å². The standard InChI is InChI=1S/C13H17N3O4/c1-9(2)7-14-6-5-12-15-8-11(19-12)10-3-4-13(20-10)16(17)18/h3-4,8-9,14H,5-7H2,1-2H3. The lowest BCUT2D eigenvalue weighted by atomic mass is 10.2. The van der Waals surface area contributed by atoms with E-state index in [0.29, 0.717) is 29.7 Å². The summed E-state index contributed by atoms with van der Waals surface area (Å²) in [6.07, 6.45) is 2.18. The lowest BCUT2D eigenvalue weighted by Gasteiger charge is -2.05. The van der Waals surface area contributed by atoms with Gasteiger partial charge in [0.25, 0.3) is 0 Å². The average Bonchev–Trinajstić information content (AvgIpc) is 3.03. The summed E-state index contributed by atoms with van der Waals surface area (Å²) in [5.41, 5.74) is 0. The third-order valence-corrected chi connectivity index (χ3v) is 2.64. The van der Waals surface area contributed by atoms with Crippen molar-refractivity contribution in [3.8, 4) is 11.5 Å². The summed E-state index contributed by atoms with van der Waals surface area (Å²) in [6, 6.07) is 2.79. The van der Waals surface area contributed by atoms with E-state index in [1.807, 2.05) is 0 Å². The largest absolute Gasteiger partial charge is 0.437 e. The van der Waals surface area contributed by atoms with Crippen molar-refractivity contribution in [3.05, 3.63) is 34.3 Å². The number of nitro groups is 1. The topological polar surface area (TPSA) is 94.3 Å². The summed E-state index contributed by atoms with van der Waals surface area (Å²) in [6.45, 7) is 5.99. The Morgan fingerprint density at radius 2 is 2.15 bits per heavy atom. The van der Waals surface area contributed by atoms with Crippen LogP contribution in [-0.2, 0) is 6.42 Å². The van der Waals surface area contributed by atoms with Gasteiger partial charge in [0.1, 0.15) is 4.92 Å². The van der Waals surface area contributed by atoms with Gasteiger partial charge < -0.3 is 14.2 Å². The highest BCUT2D eigenvalue weighted by atomic mass is 16.6. The fourth-order valence-electron chi connectivity index (χ4n) is 1.68. The van der Waals surface area contributed by atoms with E-state index in [0.717, 1.165) is 13.1 Å². The van der Waals surface area contributed by atoms with Gasteiger partial charge in [-0.15, -0.1) is 0 Å². The van der Waals surface area contributed by atoms with Gasteiger partial charge in [-0.1, -0.05) is 13.8 Å². The number of nitrogens with zero attached hydrogens (tertiary/aromatic N) is 2. The van der Waals surface area contributed by atoms with Crippen LogP contribution in [0.1, 0.15) is 19.7 Å². The molecule has 2 rings (SSSR count). The smallest absolute Gasteiger partial charge is 0.433 e. The van der Waals surface area contributed by atoms with Crippen molar-refractivity contribution in [2.24, 2.45) is 5.92 Å². The van der Waals surface area contributed by atoms with E-state index in [-0.39, 0.29) is 5.88 Å². The van der Waals surface area contributed by atoms with Gasteiger partial charge in [0.05, 0.1) is 12.3 Å².